The number of ketones is 4. The van der Waals surface area contributed by atoms with Crippen molar-refractivity contribution in [1.82, 2.24) is 5.32 Å². The van der Waals surface area contributed by atoms with Crippen LogP contribution in [0.2, 0.25) is 0 Å². The smallest absolute Gasteiger partial charge is 0.341 e. The predicted molar refractivity (Wildman–Crippen MR) is 171 cm³/mol. The number of aromatic hydroxyl groups is 2. The number of hydrogen-bond donors (Lipinski definition) is 6. The van der Waals surface area contributed by atoms with Crippen LogP contribution < -0.4 is 5.32 Å². The van der Waals surface area contributed by atoms with Gasteiger partial charge < -0.3 is 54.5 Å². The molecule has 0 amide bonds. The zero-order valence-corrected chi connectivity index (χ0v) is 28.8. The van der Waals surface area contributed by atoms with Crippen molar-refractivity contribution in [3.63, 3.8) is 0 Å². The number of carbonyl (C=O) groups is 5. The Labute approximate surface area is 294 Å². The molecule has 6 N–H and O–H groups in total. The van der Waals surface area contributed by atoms with Gasteiger partial charge in [0.2, 0.25) is 23.1 Å². The summed E-state index contributed by atoms with van der Waals surface area (Å²) < 4.78 is 26.8. The number of Topliss-reactive ketones (excluding diaryl/α,β-unsaturated/α-hetero) is 4. The van der Waals surface area contributed by atoms with Gasteiger partial charge in [0.1, 0.15) is 46.1 Å². The number of rotatable bonds is 6. The number of ether oxygens (including phenoxy) is 5. The highest BCUT2D eigenvalue weighted by Gasteiger charge is 2.72. The van der Waals surface area contributed by atoms with Gasteiger partial charge in [0.15, 0.2) is 17.4 Å². The number of fused-ring (bicyclic) bond motifs is 5. The fourth-order valence-electron chi connectivity index (χ4n) is 7.88. The number of phenolic OH excluding ortho intramolecular Hbond substituents is 2. The maximum Gasteiger partial charge on any atom is 0.341 e. The molecular formula is C34H34ClNO15. The fraction of sp³-hybridized carbons (Fsp3) is 0.441. The predicted octanol–water partition coefficient (Wildman–Crippen LogP) is 0.317. The normalized spacial score (nSPS) is 31.5. The third-order valence-electron chi connectivity index (χ3n) is 10.3. The molecule has 1 saturated heterocycles. The number of carbonyl (C=O) groups excluding carboxylic acids is 5. The second-order valence-electron chi connectivity index (χ2n) is 12.7. The van der Waals surface area contributed by atoms with Crippen molar-refractivity contribution in [2.75, 3.05) is 28.4 Å². The van der Waals surface area contributed by atoms with E-state index in [2.05, 4.69) is 5.32 Å². The van der Waals surface area contributed by atoms with Crippen molar-refractivity contribution in [2.24, 2.45) is 0 Å². The highest BCUT2D eigenvalue weighted by atomic mass is 35.5. The Kier molecular flexibility index (Phi) is 8.92. The number of nitrogens with one attached hydrogen (secondary N) is 1. The Morgan fingerprint density at radius 1 is 0.941 bits per heavy atom. The number of aliphatic hydroxyl groups is 3. The summed E-state index contributed by atoms with van der Waals surface area (Å²) in [5.41, 5.74) is -10.7. The van der Waals surface area contributed by atoms with Gasteiger partial charge in [-0.05, 0) is 31.0 Å². The first kappa shape index (κ1) is 36.5. The lowest BCUT2D eigenvalue weighted by atomic mass is 9.56. The molecule has 0 radical (unpaired) electrons. The second kappa shape index (κ2) is 12.5. The summed E-state index contributed by atoms with van der Waals surface area (Å²) in [6.07, 6.45) is -7.73. The lowest BCUT2D eigenvalue weighted by Gasteiger charge is -2.52. The fourth-order valence-corrected chi connectivity index (χ4v) is 8.12. The van der Waals surface area contributed by atoms with E-state index >= 15 is 0 Å². The van der Waals surface area contributed by atoms with E-state index in [1.54, 1.807) is 6.92 Å². The average molecular weight is 732 g/mol. The summed E-state index contributed by atoms with van der Waals surface area (Å²) >= 11 is 6.39. The number of allylic oxidation sites excluding steroid dienone is 2. The second-order valence-corrected chi connectivity index (χ2v) is 13.1. The van der Waals surface area contributed by atoms with Crippen LogP contribution in [-0.4, -0.2) is 125 Å². The Morgan fingerprint density at radius 2 is 1.59 bits per heavy atom. The standard InChI is InChI=1S/C34H34ClNO15/c1-10-7-12-8-15(37)34(50-6)30(44)18-14(29(43)33(34,46)19(12)24(40)16(10)32(45)49-5)9-13-17(23(18)39)25(41)20(35)21(22(13)38)36-31-28(48-4)26(42)27(47-3)11(2)51-31/h7,9,11,15,26-28,31,36-37,39-40,42,46H,8H2,1-6H3/t11?,15-,26?,27?,28?,31?,33+,34-/m1/s1. The number of halogens is 1. The Balaban J connectivity index is 1.54. The van der Waals surface area contributed by atoms with Gasteiger partial charge in [0, 0.05) is 44.4 Å². The molecule has 6 rings (SSSR count). The van der Waals surface area contributed by atoms with Crippen LogP contribution in [0.1, 0.15) is 75.4 Å². The first-order valence-electron chi connectivity index (χ1n) is 15.5. The Hall–Kier alpha value is -4.26. The summed E-state index contributed by atoms with van der Waals surface area (Å²) in [4.78, 5) is 69.6. The number of aryl methyl sites for hydroxylation is 1. The number of phenols is 2. The summed E-state index contributed by atoms with van der Waals surface area (Å²) in [6, 6.07) is 2.12. The molecule has 4 aliphatic rings. The third-order valence-corrected chi connectivity index (χ3v) is 10.6. The molecule has 16 nitrogen and oxygen atoms in total. The van der Waals surface area contributed by atoms with Crippen LogP contribution in [0.3, 0.4) is 0 Å². The van der Waals surface area contributed by atoms with Gasteiger partial charge in [-0.1, -0.05) is 17.7 Å². The molecule has 51 heavy (non-hydrogen) atoms. The molecule has 2 aromatic rings. The highest BCUT2D eigenvalue weighted by molar-refractivity contribution is 6.50. The summed E-state index contributed by atoms with van der Waals surface area (Å²) in [5, 5.41) is 59.6. The Bertz CT molecular complexity index is 1970. The summed E-state index contributed by atoms with van der Waals surface area (Å²) in [5.74, 6) is -8.16. The lowest BCUT2D eigenvalue weighted by Crippen LogP contribution is -2.73. The summed E-state index contributed by atoms with van der Waals surface area (Å²) in [7, 11) is 4.55. The van der Waals surface area contributed by atoms with Crippen molar-refractivity contribution >= 4 is 40.7 Å². The zero-order chi connectivity index (χ0) is 37.6. The average Bonchev–Trinajstić information content (AvgIpc) is 3.07. The van der Waals surface area contributed by atoms with Gasteiger partial charge in [-0.3, -0.25) is 19.2 Å². The third kappa shape index (κ3) is 4.61. The minimum atomic E-state index is -3.26. The SMILES string of the molecule is COC(=O)c1c(C)cc2c(c1O)[C@]1(O)C(=O)c3cc4c(c(O)c3C(=O)[C@]1(OC)[C@H](O)C2)C(=O)C(Cl)=C(NC1OC(C)C(OC)C(O)C1OC)C4=O. The molecule has 17 heteroatoms. The molecule has 1 fully saturated rings. The number of esters is 1. The monoisotopic (exact) mass is 731 g/mol. The van der Waals surface area contributed by atoms with Crippen molar-refractivity contribution in [2.45, 2.75) is 68.2 Å². The van der Waals surface area contributed by atoms with Crippen molar-refractivity contribution < 1.29 is 73.2 Å². The van der Waals surface area contributed by atoms with Crippen LogP contribution in [0.5, 0.6) is 11.5 Å². The van der Waals surface area contributed by atoms with E-state index in [0.717, 1.165) is 20.3 Å². The van der Waals surface area contributed by atoms with E-state index in [4.69, 9.17) is 35.3 Å². The maximum absolute atomic E-state index is 14.6. The van der Waals surface area contributed by atoms with E-state index in [1.165, 1.54) is 27.2 Å². The quantitative estimate of drug-likeness (QED) is 0.219. The van der Waals surface area contributed by atoms with Crippen LogP contribution in [0.15, 0.2) is 22.9 Å². The number of benzene rings is 2. The van der Waals surface area contributed by atoms with E-state index in [0.29, 0.717) is 0 Å². The largest absolute Gasteiger partial charge is 0.507 e. The molecule has 1 heterocycles. The van der Waals surface area contributed by atoms with Crippen molar-refractivity contribution in [3.05, 3.63) is 67.4 Å². The van der Waals surface area contributed by atoms with E-state index < -0.39 is 139 Å². The molecule has 0 aromatic heterocycles. The molecule has 1 aliphatic heterocycles. The topological polar surface area (TPSA) is 245 Å². The Morgan fingerprint density at radius 3 is 2.18 bits per heavy atom. The van der Waals surface area contributed by atoms with Gasteiger partial charge in [-0.25, -0.2) is 4.79 Å². The van der Waals surface area contributed by atoms with Crippen molar-refractivity contribution in [3.8, 4) is 11.5 Å². The zero-order valence-electron chi connectivity index (χ0n) is 28.0. The molecular weight excluding hydrogens is 698 g/mol. The van der Waals surface area contributed by atoms with Crippen molar-refractivity contribution in [1.29, 1.82) is 0 Å². The van der Waals surface area contributed by atoms with Crippen LogP contribution in [0, 0.1) is 6.92 Å². The lowest BCUT2D eigenvalue weighted by molar-refractivity contribution is -0.236. The van der Waals surface area contributed by atoms with Gasteiger partial charge in [0.05, 0.1) is 30.4 Å². The van der Waals surface area contributed by atoms with Gasteiger partial charge in [-0.15, -0.1) is 0 Å². The van der Waals surface area contributed by atoms with Crippen LogP contribution >= 0.6 is 11.6 Å². The first-order valence-corrected chi connectivity index (χ1v) is 15.9. The number of aliphatic hydroxyl groups excluding tert-OH is 2. The minimum absolute atomic E-state index is 0.0214. The molecule has 0 saturated carbocycles. The number of methoxy groups -OCH3 is 4. The van der Waals surface area contributed by atoms with Gasteiger partial charge in [-0.2, -0.15) is 0 Å². The molecule has 272 valence electrons. The first-order chi connectivity index (χ1) is 24.0. The van der Waals surface area contributed by atoms with Gasteiger partial charge in [0.25, 0.3) is 0 Å². The maximum atomic E-state index is 14.6. The van der Waals surface area contributed by atoms with Crippen LogP contribution in [0.4, 0.5) is 0 Å². The molecule has 2 aromatic carbocycles. The molecule has 3 aliphatic carbocycles. The molecule has 5 unspecified atom stereocenters. The molecule has 0 bridgehead atoms. The van der Waals surface area contributed by atoms with E-state index in [9.17, 15) is 49.5 Å². The van der Waals surface area contributed by atoms with Gasteiger partial charge >= 0.3 is 5.97 Å². The van der Waals surface area contributed by atoms with E-state index in [-0.39, 0.29) is 11.1 Å². The van der Waals surface area contributed by atoms with E-state index in [1.807, 2.05) is 0 Å². The number of hydrogen-bond acceptors (Lipinski definition) is 16. The van der Waals surface area contributed by atoms with Crippen LogP contribution in [-0.2, 0) is 35.7 Å². The molecule has 8 atom stereocenters. The van der Waals surface area contributed by atoms with Crippen LogP contribution in [0.25, 0.3) is 0 Å². The minimum Gasteiger partial charge on any atom is -0.507 e. The highest BCUT2D eigenvalue weighted by Crippen LogP contribution is 2.56. The molecule has 0 spiro atoms. The summed E-state index contributed by atoms with van der Waals surface area (Å²) in [6.45, 7) is 3.02.